The minimum absolute atomic E-state index is 0.0317. The monoisotopic (exact) mass is 391 g/mol. The molecule has 0 unspecified atom stereocenters. The Hall–Kier alpha value is -2.15. The summed E-state index contributed by atoms with van der Waals surface area (Å²) in [5.74, 6) is 0.257. The lowest BCUT2D eigenvalue weighted by Crippen LogP contribution is -2.38. The summed E-state index contributed by atoms with van der Waals surface area (Å²) in [6, 6.07) is 12.8. The molecular formula is C20H26ClN3O3. The normalized spacial score (nSPS) is 11.6. The van der Waals surface area contributed by atoms with Crippen molar-refractivity contribution in [3.63, 3.8) is 0 Å². The average Bonchev–Trinajstić information content (AvgIpc) is 2.61. The zero-order valence-electron chi connectivity index (χ0n) is 15.9. The first kappa shape index (κ1) is 21.2. The van der Waals surface area contributed by atoms with E-state index in [1.54, 1.807) is 12.1 Å². The van der Waals surface area contributed by atoms with Gasteiger partial charge in [0.25, 0.3) is 0 Å². The molecule has 0 fully saturated rings. The molecule has 0 atom stereocenters. The van der Waals surface area contributed by atoms with Crippen LogP contribution in [0.25, 0.3) is 0 Å². The summed E-state index contributed by atoms with van der Waals surface area (Å²) in [5.41, 5.74) is 7.72. The van der Waals surface area contributed by atoms with Gasteiger partial charge in [0.2, 0.25) is 0 Å². The number of nitrogens with zero attached hydrogens (tertiary/aromatic N) is 2. The Kier molecular flexibility index (Phi) is 7.18. The number of halogens is 1. The molecule has 0 spiro atoms. The molecule has 0 amide bonds. The van der Waals surface area contributed by atoms with Crippen LogP contribution in [-0.2, 0) is 13.1 Å². The van der Waals surface area contributed by atoms with E-state index >= 15 is 0 Å². The molecule has 0 saturated heterocycles. The van der Waals surface area contributed by atoms with Gasteiger partial charge in [0.15, 0.2) is 5.75 Å². The summed E-state index contributed by atoms with van der Waals surface area (Å²) in [6.07, 6.45) is 0. The van der Waals surface area contributed by atoms with E-state index in [9.17, 15) is 10.1 Å². The lowest BCUT2D eigenvalue weighted by molar-refractivity contribution is -0.385. The van der Waals surface area contributed by atoms with E-state index in [2.05, 4.69) is 18.7 Å². The van der Waals surface area contributed by atoms with Gasteiger partial charge in [-0.15, -0.1) is 0 Å². The second-order valence-electron chi connectivity index (χ2n) is 7.41. The first-order chi connectivity index (χ1) is 12.7. The van der Waals surface area contributed by atoms with Crippen LogP contribution in [0.4, 0.5) is 5.69 Å². The highest BCUT2D eigenvalue weighted by Gasteiger charge is 2.22. The topological polar surface area (TPSA) is 81.6 Å². The van der Waals surface area contributed by atoms with Crippen LogP contribution in [0.5, 0.6) is 5.75 Å². The van der Waals surface area contributed by atoms with Crippen molar-refractivity contribution < 1.29 is 9.66 Å². The highest BCUT2D eigenvalue weighted by Crippen LogP contribution is 2.29. The van der Waals surface area contributed by atoms with E-state index in [1.807, 2.05) is 30.3 Å². The number of hydrogen-bond donors (Lipinski definition) is 1. The summed E-state index contributed by atoms with van der Waals surface area (Å²) < 4.78 is 5.09. The van der Waals surface area contributed by atoms with Gasteiger partial charge in [-0.1, -0.05) is 43.6 Å². The lowest BCUT2D eigenvalue weighted by Gasteiger charge is -2.32. The van der Waals surface area contributed by atoms with Gasteiger partial charge in [0.1, 0.15) is 0 Å². The Morgan fingerprint density at radius 1 is 1.19 bits per heavy atom. The molecule has 0 aromatic heterocycles. The number of hydrogen-bond acceptors (Lipinski definition) is 5. The second-order valence-corrected chi connectivity index (χ2v) is 7.84. The van der Waals surface area contributed by atoms with Crippen molar-refractivity contribution in [1.82, 2.24) is 4.90 Å². The van der Waals surface area contributed by atoms with Crippen molar-refractivity contribution >= 4 is 17.3 Å². The number of nitrogens with two attached hydrogens (primary N) is 1. The van der Waals surface area contributed by atoms with Crippen LogP contribution in [0, 0.1) is 15.5 Å². The Labute approximate surface area is 165 Å². The van der Waals surface area contributed by atoms with Crippen molar-refractivity contribution in [3.8, 4) is 5.75 Å². The molecule has 7 heteroatoms. The molecule has 146 valence electrons. The SMILES string of the molecule is COc1ccc(CN(Cc2cccc(Cl)c2)CC(C)(C)CN)cc1[N+](=O)[O-]. The van der Waals surface area contributed by atoms with Crippen LogP contribution < -0.4 is 10.5 Å². The number of ether oxygens (including phenoxy) is 1. The zero-order valence-corrected chi connectivity index (χ0v) is 16.7. The molecule has 0 bridgehead atoms. The van der Waals surface area contributed by atoms with Gasteiger partial charge in [0.05, 0.1) is 12.0 Å². The Balaban J connectivity index is 2.28. The van der Waals surface area contributed by atoms with Crippen molar-refractivity contribution in [2.75, 3.05) is 20.2 Å². The molecule has 0 heterocycles. The van der Waals surface area contributed by atoms with Gasteiger partial charge in [-0.25, -0.2) is 0 Å². The largest absolute Gasteiger partial charge is 0.490 e. The minimum Gasteiger partial charge on any atom is -0.490 e. The summed E-state index contributed by atoms with van der Waals surface area (Å²) in [4.78, 5) is 13.1. The third-order valence-corrected chi connectivity index (χ3v) is 4.58. The van der Waals surface area contributed by atoms with E-state index in [-0.39, 0.29) is 16.9 Å². The van der Waals surface area contributed by atoms with Crippen LogP contribution in [0.2, 0.25) is 5.02 Å². The Morgan fingerprint density at radius 2 is 1.85 bits per heavy atom. The fourth-order valence-electron chi connectivity index (χ4n) is 2.97. The number of nitro groups is 1. The van der Waals surface area contributed by atoms with E-state index in [0.717, 1.165) is 17.7 Å². The number of benzene rings is 2. The van der Waals surface area contributed by atoms with Gasteiger partial charge >= 0.3 is 5.69 Å². The van der Waals surface area contributed by atoms with Gasteiger partial charge in [-0.2, -0.15) is 0 Å². The molecule has 0 radical (unpaired) electrons. The maximum absolute atomic E-state index is 11.3. The summed E-state index contributed by atoms with van der Waals surface area (Å²) in [7, 11) is 1.43. The predicted molar refractivity (Wildman–Crippen MR) is 108 cm³/mol. The fraction of sp³-hybridized carbons (Fsp3) is 0.400. The first-order valence-corrected chi connectivity index (χ1v) is 9.10. The van der Waals surface area contributed by atoms with Crippen LogP contribution in [-0.4, -0.2) is 30.0 Å². The standard InChI is InChI=1S/C20H26ClN3O3/c1-20(2,13-22)14-23(11-15-5-4-6-17(21)9-15)12-16-7-8-19(27-3)18(10-16)24(25)26/h4-10H,11-14,22H2,1-3H3. The van der Waals surface area contributed by atoms with Crippen molar-refractivity contribution in [3.05, 3.63) is 68.7 Å². The average molecular weight is 392 g/mol. The zero-order chi connectivity index (χ0) is 20.0. The van der Waals surface area contributed by atoms with Gasteiger partial charge in [-0.3, -0.25) is 15.0 Å². The van der Waals surface area contributed by atoms with Crippen molar-refractivity contribution in [2.45, 2.75) is 26.9 Å². The molecule has 0 aliphatic carbocycles. The summed E-state index contributed by atoms with van der Waals surface area (Å²) in [5, 5.41) is 12.0. The molecule has 0 aliphatic rings. The van der Waals surface area contributed by atoms with E-state index < -0.39 is 4.92 Å². The molecule has 2 rings (SSSR count). The molecule has 6 nitrogen and oxygen atoms in total. The van der Waals surface area contributed by atoms with Crippen molar-refractivity contribution in [1.29, 1.82) is 0 Å². The Morgan fingerprint density at radius 3 is 2.41 bits per heavy atom. The summed E-state index contributed by atoms with van der Waals surface area (Å²) >= 11 is 6.11. The van der Waals surface area contributed by atoms with Crippen LogP contribution in [0.1, 0.15) is 25.0 Å². The van der Waals surface area contributed by atoms with Gasteiger partial charge in [0, 0.05) is 30.7 Å². The predicted octanol–water partition coefficient (Wildman–Crippen LogP) is 4.24. The smallest absolute Gasteiger partial charge is 0.311 e. The molecule has 2 aromatic carbocycles. The molecule has 0 aliphatic heterocycles. The second kappa shape index (κ2) is 9.17. The first-order valence-electron chi connectivity index (χ1n) is 8.72. The fourth-order valence-corrected chi connectivity index (χ4v) is 3.18. The van der Waals surface area contributed by atoms with Gasteiger partial charge < -0.3 is 10.5 Å². The highest BCUT2D eigenvalue weighted by molar-refractivity contribution is 6.30. The van der Waals surface area contributed by atoms with Crippen molar-refractivity contribution in [2.24, 2.45) is 11.1 Å². The molecule has 27 heavy (non-hydrogen) atoms. The molecule has 2 N–H and O–H groups in total. The molecular weight excluding hydrogens is 366 g/mol. The quantitative estimate of drug-likeness (QED) is 0.510. The maximum atomic E-state index is 11.3. The van der Waals surface area contributed by atoms with Crippen LogP contribution in [0.15, 0.2) is 42.5 Å². The highest BCUT2D eigenvalue weighted by atomic mass is 35.5. The van der Waals surface area contributed by atoms with Crippen LogP contribution in [0.3, 0.4) is 0 Å². The van der Waals surface area contributed by atoms with Crippen LogP contribution >= 0.6 is 11.6 Å². The number of nitro benzene ring substituents is 1. The third kappa shape index (κ3) is 6.20. The van der Waals surface area contributed by atoms with E-state index in [1.165, 1.54) is 7.11 Å². The van der Waals surface area contributed by atoms with E-state index in [4.69, 9.17) is 22.1 Å². The van der Waals surface area contributed by atoms with E-state index in [0.29, 0.717) is 24.7 Å². The summed E-state index contributed by atoms with van der Waals surface area (Å²) in [6.45, 7) is 6.73. The minimum atomic E-state index is -0.423. The van der Waals surface area contributed by atoms with Gasteiger partial charge in [-0.05, 0) is 41.3 Å². The third-order valence-electron chi connectivity index (χ3n) is 4.35. The number of rotatable bonds is 9. The lowest BCUT2D eigenvalue weighted by atomic mass is 9.92. The molecule has 0 saturated carbocycles. The Bertz CT molecular complexity index is 796. The number of methoxy groups -OCH3 is 1. The molecule has 2 aromatic rings. The maximum Gasteiger partial charge on any atom is 0.311 e.